The molecule has 11 heteroatoms. The number of rotatable bonds is 8. The van der Waals surface area contributed by atoms with Gasteiger partial charge in [-0.05, 0) is 48.7 Å². The Morgan fingerprint density at radius 2 is 1.73 bits per heavy atom. The Morgan fingerprint density at radius 3 is 2.48 bits per heavy atom. The van der Waals surface area contributed by atoms with Crippen LogP contribution in [0.1, 0.15) is 24.2 Å². The van der Waals surface area contributed by atoms with Gasteiger partial charge in [0, 0.05) is 30.6 Å². The molecule has 1 aliphatic rings. The van der Waals surface area contributed by atoms with Crippen molar-refractivity contribution in [3.05, 3.63) is 96.6 Å². The number of likely N-dealkylation sites (N-methyl/N-ethyl adjacent to an activating group) is 1. The summed E-state index contributed by atoms with van der Waals surface area (Å²) in [5.74, 6) is -0.388. The third-order valence-corrected chi connectivity index (χ3v) is 9.69. The molecule has 1 heterocycles. The molecule has 0 radical (unpaired) electrons. The molecule has 1 aliphatic heterocycles. The molecule has 0 aromatic heterocycles. The fourth-order valence-electron chi connectivity index (χ4n) is 5.26. The lowest BCUT2D eigenvalue weighted by Crippen LogP contribution is -2.50. The second-order valence-electron chi connectivity index (χ2n) is 11.0. The van der Waals surface area contributed by atoms with Gasteiger partial charge in [-0.3, -0.25) is 4.79 Å². The van der Waals surface area contributed by atoms with E-state index >= 15 is 0 Å². The molecule has 0 saturated carbocycles. The maximum absolute atomic E-state index is 13.8. The van der Waals surface area contributed by atoms with Crippen LogP contribution in [0.5, 0.6) is 5.75 Å². The van der Waals surface area contributed by atoms with Gasteiger partial charge in [-0.2, -0.15) is 4.31 Å². The zero-order valence-corrected chi connectivity index (χ0v) is 25.6. The number of benzene rings is 4. The van der Waals surface area contributed by atoms with Gasteiger partial charge in [-0.25, -0.2) is 13.2 Å². The summed E-state index contributed by atoms with van der Waals surface area (Å²) in [7, 11) is -2.29. The first-order chi connectivity index (χ1) is 21.1. The van der Waals surface area contributed by atoms with E-state index in [0.29, 0.717) is 11.4 Å². The lowest BCUT2D eigenvalue weighted by Gasteiger charge is -2.38. The van der Waals surface area contributed by atoms with Gasteiger partial charge >= 0.3 is 6.03 Å². The molecule has 3 atom stereocenters. The highest BCUT2D eigenvalue weighted by atomic mass is 32.2. The molecule has 3 N–H and O–H groups in total. The van der Waals surface area contributed by atoms with Crippen molar-refractivity contribution < 1.29 is 27.9 Å². The lowest BCUT2D eigenvalue weighted by atomic mass is 9.99. The summed E-state index contributed by atoms with van der Waals surface area (Å²) in [5, 5.41) is 17.5. The van der Waals surface area contributed by atoms with Crippen LogP contribution in [0.3, 0.4) is 0 Å². The lowest BCUT2D eigenvalue weighted by molar-refractivity contribution is 0.0387. The quantitative estimate of drug-likeness (QED) is 0.255. The van der Waals surface area contributed by atoms with Crippen LogP contribution in [0.4, 0.5) is 16.2 Å². The number of amides is 3. The molecule has 4 aromatic carbocycles. The van der Waals surface area contributed by atoms with Crippen LogP contribution in [0, 0.1) is 5.92 Å². The molecule has 0 saturated heterocycles. The van der Waals surface area contributed by atoms with Gasteiger partial charge in [0.15, 0.2) is 0 Å². The number of anilines is 2. The first-order valence-corrected chi connectivity index (χ1v) is 15.8. The van der Waals surface area contributed by atoms with E-state index in [4.69, 9.17) is 4.74 Å². The number of carbonyl (C=O) groups is 2. The van der Waals surface area contributed by atoms with Crippen molar-refractivity contribution in [3.8, 4) is 5.75 Å². The molecule has 5 rings (SSSR count). The first-order valence-electron chi connectivity index (χ1n) is 14.4. The Balaban J connectivity index is 1.41. The van der Waals surface area contributed by atoms with Crippen molar-refractivity contribution in [2.24, 2.45) is 5.92 Å². The topological polar surface area (TPSA) is 128 Å². The molecule has 44 heavy (non-hydrogen) atoms. The molecule has 230 valence electrons. The summed E-state index contributed by atoms with van der Waals surface area (Å²) >= 11 is 0. The van der Waals surface area contributed by atoms with Crippen molar-refractivity contribution in [1.82, 2.24) is 9.21 Å². The monoisotopic (exact) mass is 616 g/mol. The Bertz CT molecular complexity index is 1760. The number of carbonyl (C=O) groups excluding carboxylic acids is 2. The Morgan fingerprint density at radius 1 is 1.02 bits per heavy atom. The number of aliphatic hydroxyl groups excluding tert-OH is 1. The maximum atomic E-state index is 13.8. The molecule has 0 bridgehead atoms. The predicted molar refractivity (Wildman–Crippen MR) is 170 cm³/mol. The number of nitrogens with zero attached hydrogens (tertiary/aromatic N) is 2. The van der Waals surface area contributed by atoms with Crippen molar-refractivity contribution in [3.63, 3.8) is 0 Å². The summed E-state index contributed by atoms with van der Waals surface area (Å²) in [6, 6.07) is 25.3. The van der Waals surface area contributed by atoms with Gasteiger partial charge in [0.05, 0.1) is 35.3 Å². The van der Waals surface area contributed by atoms with Gasteiger partial charge in [-0.1, -0.05) is 61.5 Å². The number of ether oxygens (including phenoxy) is 1. The average molecular weight is 617 g/mol. The number of nitrogens with one attached hydrogen (secondary N) is 2. The summed E-state index contributed by atoms with van der Waals surface area (Å²) in [5.41, 5.74) is 1.20. The molecule has 0 spiro atoms. The zero-order valence-electron chi connectivity index (χ0n) is 24.8. The van der Waals surface area contributed by atoms with Crippen LogP contribution in [0.2, 0.25) is 0 Å². The first kappa shape index (κ1) is 31.0. The van der Waals surface area contributed by atoms with Gasteiger partial charge in [0.25, 0.3) is 5.91 Å². The number of hydrogen-bond acceptors (Lipinski definition) is 6. The fourth-order valence-corrected chi connectivity index (χ4v) is 6.47. The van der Waals surface area contributed by atoms with Crippen LogP contribution in [-0.4, -0.2) is 73.6 Å². The number of sulfonamides is 1. The van der Waals surface area contributed by atoms with Crippen LogP contribution >= 0.6 is 0 Å². The van der Waals surface area contributed by atoms with Crippen molar-refractivity contribution in [2.45, 2.75) is 30.9 Å². The molecule has 3 amide bonds. The third kappa shape index (κ3) is 6.54. The number of fused-ring (bicyclic) bond motifs is 2. The van der Waals surface area contributed by atoms with Crippen LogP contribution < -0.4 is 15.4 Å². The summed E-state index contributed by atoms with van der Waals surface area (Å²) in [4.78, 5) is 28.5. The summed E-state index contributed by atoms with van der Waals surface area (Å²) in [6.07, 6.45) is -0.618. The number of hydrogen-bond donors (Lipinski definition) is 3. The SMILES string of the molecule is C[C@H](CO)N1C[C@H](C)[C@@H](CN(C)S(=O)(=O)c2ccccc2)Oc2ccc(NC(=O)Nc3cccc4ccccc34)cc2C1=O. The van der Waals surface area contributed by atoms with E-state index in [2.05, 4.69) is 10.6 Å². The van der Waals surface area contributed by atoms with E-state index < -0.39 is 28.2 Å². The van der Waals surface area contributed by atoms with Gasteiger partial charge in [0.1, 0.15) is 11.9 Å². The van der Waals surface area contributed by atoms with Crippen molar-refractivity contribution in [1.29, 1.82) is 0 Å². The number of aliphatic hydroxyl groups is 1. The zero-order chi connectivity index (χ0) is 31.4. The van der Waals surface area contributed by atoms with Crippen LogP contribution in [-0.2, 0) is 10.0 Å². The second-order valence-corrected chi connectivity index (χ2v) is 13.1. The minimum absolute atomic E-state index is 0.0286. The summed E-state index contributed by atoms with van der Waals surface area (Å²) in [6.45, 7) is 3.63. The molecular formula is C33H36N4O6S. The van der Waals surface area contributed by atoms with Gasteiger partial charge < -0.3 is 25.4 Å². The molecule has 0 aliphatic carbocycles. The third-order valence-electron chi connectivity index (χ3n) is 7.85. The minimum atomic E-state index is -3.79. The van der Waals surface area contributed by atoms with E-state index in [0.717, 1.165) is 10.8 Å². The Kier molecular flexibility index (Phi) is 9.19. The predicted octanol–water partition coefficient (Wildman–Crippen LogP) is 5.02. The molecule has 4 aromatic rings. The van der Waals surface area contributed by atoms with Crippen molar-refractivity contribution >= 4 is 44.1 Å². The van der Waals surface area contributed by atoms with E-state index in [1.54, 1.807) is 42.2 Å². The van der Waals surface area contributed by atoms with E-state index in [1.807, 2.05) is 49.4 Å². The Hall–Kier alpha value is -4.45. The molecular weight excluding hydrogens is 580 g/mol. The molecule has 0 fully saturated rings. The fraction of sp³-hybridized carbons (Fsp3) is 0.273. The maximum Gasteiger partial charge on any atom is 0.323 e. The van der Waals surface area contributed by atoms with E-state index in [-0.39, 0.29) is 47.7 Å². The normalized spacial score (nSPS) is 17.8. The largest absolute Gasteiger partial charge is 0.488 e. The second kappa shape index (κ2) is 13.0. The van der Waals surface area contributed by atoms with Gasteiger partial charge in [-0.15, -0.1) is 0 Å². The highest BCUT2D eigenvalue weighted by Gasteiger charge is 2.35. The highest BCUT2D eigenvalue weighted by Crippen LogP contribution is 2.31. The minimum Gasteiger partial charge on any atom is -0.488 e. The average Bonchev–Trinajstić information content (AvgIpc) is 3.03. The van der Waals surface area contributed by atoms with E-state index in [1.165, 1.54) is 29.6 Å². The van der Waals surface area contributed by atoms with E-state index in [9.17, 15) is 23.1 Å². The molecule has 0 unspecified atom stereocenters. The highest BCUT2D eigenvalue weighted by molar-refractivity contribution is 7.89. The van der Waals surface area contributed by atoms with Crippen molar-refractivity contribution in [2.75, 3.05) is 37.4 Å². The van der Waals surface area contributed by atoms with Crippen LogP contribution in [0.25, 0.3) is 10.8 Å². The van der Waals surface area contributed by atoms with Crippen LogP contribution in [0.15, 0.2) is 95.9 Å². The summed E-state index contributed by atoms with van der Waals surface area (Å²) < 4.78 is 34.1. The standard InChI is InChI=1S/C33H36N4O6S/c1-22-19-37(23(2)21-38)32(39)28-18-25(34-33(40)35-29-15-9-11-24-10-7-8-14-27(24)29)16-17-30(28)43-31(22)20-36(3)44(41,42)26-12-5-4-6-13-26/h4-18,22-23,31,38H,19-21H2,1-3H3,(H2,34,35,40)/t22-,23+,31+/m0/s1. The smallest absolute Gasteiger partial charge is 0.323 e. The molecule has 10 nitrogen and oxygen atoms in total. The van der Waals surface area contributed by atoms with Gasteiger partial charge in [0.2, 0.25) is 10.0 Å². The number of urea groups is 1. The Labute approximate surface area is 257 Å².